The second-order valence-electron chi connectivity index (χ2n) is 7.25. The van der Waals surface area contributed by atoms with E-state index in [9.17, 15) is 18.0 Å². The van der Waals surface area contributed by atoms with E-state index < -0.39 is 24.3 Å². The smallest absolute Gasteiger partial charge is 0.278 e. The Hall–Kier alpha value is -3.43. The van der Waals surface area contributed by atoms with Crippen LogP contribution in [-0.2, 0) is 20.1 Å². The molecule has 0 atom stereocenters. The molecule has 0 saturated carbocycles. The Morgan fingerprint density at radius 2 is 2.07 bits per heavy atom. The monoisotopic (exact) mass is 417 g/mol. The molecule has 0 unspecified atom stereocenters. The summed E-state index contributed by atoms with van der Waals surface area (Å²) < 4.78 is 47.5. The van der Waals surface area contributed by atoms with Crippen molar-refractivity contribution in [1.82, 2.24) is 24.9 Å². The Bertz CT molecular complexity index is 1110. The first-order valence-corrected chi connectivity index (χ1v) is 9.14. The molecule has 4 rings (SSSR count). The zero-order valence-corrected chi connectivity index (χ0v) is 16.3. The maximum atomic E-state index is 14.7. The van der Waals surface area contributed by atoms with Crippen molar-refractivity contribution in [3.8, 4) is 17.1 Å². The molecule has 7 nitrogen and oxygen atoms in total. The van der Waals surface area contributed by atoms with Crippen LogP contribution in [0.25, 0.3) is 11.3 Å². The normalized spacial score (nSPS) is 13.6. The number of benzene rings is 1. The molecule has 1 amide bonds. The predicted molar refractivity (Wildman–Crippen MR) is 100 cm³/mol. The maximum Gasteiger partial charge on any atom is 0.278 e. The zero-order chi connectivity index (χ0) is 21.5. The molecule has 0 radical (unpaired) electrons. The highest BCUT2D eigenvalue weighted by Gasteiger charge is 2.33. The summed E-state index contributed by atoms with van der Waals surface area (Å²) in [5.74, 6) is -4.12. The maximum absolute atomic E-state index is 14.7. The van der Waals surface area contributed by atoms with E-state index in [1.54, 1.807) is 31.4 Å². The molecule has 3 heterocycles. The van der Waals surface area contributed by atoms with Crippen LogP contribution in [-0.4, -0.2) is 43.3 Å². The fourth-order valence-electron chi connectivity index (χ4n) is 3.23. The number of aromatic nitrogens is 4. The van der Waals surface area contributed by atoms with Gasteiger partial charge in [0.2, 0.25) is 5.88 Å². The number of hydrogen-bond acceptors (Lipinski definition) is 5. The van der Waals surface area contributed by atoms with Gasteiger partial charge in [0.1, 0.15) is 17.1 Å². The molecular weight excluding hydrogens is 399 g/mol. The lowest BCUT2D eigenvalue weighted by Gasteiger charge is -2.17. The van der Waals surface area contributed by atoms with Gasteiger partial charge in [-0.1, -0.05) is 17.3 Å². The summed E-state index contributed by atoms with van der Waals surface area (Å²) in [6.07, 6.45) is 3.07. The third kappa shape index (κ3) is 3.98. The minimum absolute atomic E-state index is 0.0173. The summed E-state index contributed by atoms with van der Waals surface area (Å²) in [4.78, 5) is 18.2. The molecule has 1 aliphatic heterocycles. The lowest BCUT2D eigenvalue weighted by molar-refractivity contribution is -0.0245. The van der Waals surface area contributed by atoms with E-state index in [1.165, 1.54) is 21.8 Å². The Kier molecular flexibility index (Phi) is 4.92. The van der Waals surface area contributed by atoms with Gasteiger partial charge in [-0.25, -0.2) is 18.2 Å². The molecule has 0 spiro atoms. The summed E-state index contributed by atoms with van der Waals surface area (Å²) in [5.41, 5.74) is 2.16. The van der Waals surface area contributed by atoms with Crippen LogP contribution in [0, 0.1) is 5.82 Å². The second kappa shape index (κ2) is 7.43. The second-order valence-corrected chi connectivity index (χ2v) is 7.25. The van der Waals surface area contributed by atoms with Crippen molar-refractivity contribution in [2.24, 2.45) is 7.05 Å². The minimum atomic E-state index is -3.06. The number of halogens is 3. The summed E-state index contributed by atoms with van der Waals surface area (Å²) >= 11 is 0. The average molecular weight is 417 g/mol. The highest BCUT2D eigenvalue weighted by molar-refractivity contribution is 6.00. The van der Waals surface area contributed by atoms with Crippen LogP contribution in [0.5, 0.6) is 5.88 Å². The molecule has 156 valence electrons. The number of carbonyl (C=O) groups is 1. The molecule has 10 heteroatoms. The molecule has 0 saturated heterocycles. The van der Waals surface area contributed by atoms with Crippen molar-refractivity contribution < 1.29 is 22.7 Å². The van der Waals surface area contributed by atoms with Gasteiger partial charge in [0, 0.05) is 44.4 Å². The number of nitrogens with zero attached hydrogens (tertiary/aromatic N) is 5. The summed E-state index contributed by atoms with van der Waals surface area (Å²) in [6, 6.07) is 6.25. The summed E-state index contributed by atoms with van der Waals surface area (Å²) in [6.45, 7) is 0.0599. The highest BCUT2D eigenvalue weighted by atomic mass is 19.3. The molecule has 2 aromatic heterocycles. The van der Waals surface area contributed by atoms with Crippen molar-refractivity contribution in [3.63, 3.8) is 0 Å². The summed E-state index contributed by atoms with van der Waals surface area (Å²) in [7, 11) is 1.71. The van der Waals surface area contributed by atoms with Gasteiger partial charge in [-0.15, -0.1) is 5.10 Å². The molecular formula is C20H18F3N5O2. The zero-order valence-electron chi connectivity index (χ0n) is 16.3. The molecule has 0 bridgehead atoms. The van der Waals surface area contributed by atoms with Crippen LogP contribution in [0.15, 0.2) is 36.7 Å². The Morgan fingerprint density at radius 3 is 2.73 bits per heavy atom. The van der Waals surface area contributed by atoms with Crippen molar-refractivity contribution in [2.45, 2.75) is 25.9 Å². The Morgan fingerprint density at radius 1 is 1.27 bits per heavy atom. The first-order valence-electron chi connectivity index (χ1n) is 9.14. The number of ether oxygens (including phenoxy) is 1. The average Bonchev–Trinajstić information content (AvgIpc) is 3.25. The largest absolute Gasteiger partial charge is 0.471 e. The van der Waals surface area contributed by atoms with E-state index in [-0.39, 0.29) is 24.5 Å². The van der Waals surface area contributed by atoms with Crippen LogP contribution in [0.4, 0.5) is 13.2 Å². The Balaban J connectivity index is 1.53. The molecule has 3 aromatic rings. The number of pyridine rings is 1. The van der Waals surface area contributed by atoms with E-state index >= 15 is 0 Å². The molecule has 0 N–H and O–H groups in total. The fraction of sp³-hybridized carbons (Fsp3) is 0.300. The van der Waals surface area contributed by atoms with Crippen molar-refractivity contribution >= 4 is 5.91 Å². The molecule has 1 aliphatic rings. The van der Waals surface area contributed by atoms with Gasteiger partial charge in [0.25, 0.3) is 11.8 Å². The third-order valence-corrected chi connectivity index (χ3v) is 4.64. The summed E-state index contributed by atoms with van der Waals surface area (Å²) in [5, 5.41) is 7.78. The van der Waals surface area contributed by atoms with Crippen molar-refractivity contribution in [1.29, 1.82) is 0 Å². The van der Waals surface area contributed by atoms with E-state index in [0.717, 1.165) is 6.92 Å². The highest BCUT2D eigenvalue weighted by Crippen LogP contribution is 2.31. The lowest BCUT2D eigenvalue weighted by atomic mass is 10.1. The van der Waals surface area contributed by atoms with Gasteiger partial charge < -0.3 is 9.64 Å². The van der Waals surface area contributed by atoms with Crippen molar-refractivity contribution in [2.75, 3.05) is 6.61 Å². The van der Waals surface area contributed by atoms with Gasteiger partial charge in [0.15, 0.2) is 6.61 Å². The van der Waals surface area contributed by atoms with Gasteiger partial charge in [-0.3, -0.25) is 9.48 Å². The van der Waals surface area contributed by atoms with Crippen LogP contribution in [0.3, 0.4) is 0 Å². The standard InChI is InChI=1S/C20H18F3N5O2/c1-20(22,23)11-30-18-17-14(5-6-24-18)9-28(19(17)29)8-13-4-3-12(7-15(13)21)16-10-27(2)26-25-16/h3-7,10H,8-9,11H2,1-2H3. The van der Waals surface area contributed by atoms with Crippen LogP contribution in [0.2, 0.25) is 0 Å². The van der Waals surface area contributed by atoms with Gasteiger partial charge >= 0.3 is 0 Å². The van der Waals surface area contributed by atoms with E-state index in [0.29, 0.717) is 22.4 Å². The third-order valence-electron chi connectivity index (χ3n) is 4.64. The van der Waals surface area contributed by atoms with Gasteiger partial charge in [0.05, 0.1) is 6.20 Å². The Labute approximate surface area is 170 Å². The van der Waals surface area contributed by atoms with Crippen LogP contribution < -0.4 is 4.74 Å². The quantitative estimate of drug-likeness (QED) is 0.616. The van der Waals surface area contributed by atoms with E-state index in [1.807, 2.05) is 0 Å². The number of aryl methyl sites for hydroxylation is 1. The molecule has 1 aromatic carbocycles. The number of hydrogen-bond donors (Lipinski definition) is 0. The topological polar surface area (TPSA) is 73.1 Å². The van der Waals surface area contributed by atoms with Crippen LogP contribution >= 0.6 is 0 Å². The van der Waals surface area contributed by atoms with Crippen molar-refractivity contribution in [3.05, 3.63) is 59.2 Å². The minimum Gasteiger partial charge on any atom is -0.471 e. The number of carbonyl (C=O) groups excluding carboxylic acids is 1. The molecule has 30 heavy (non-hydrogen) atoms. The SMILES string of the molecule is Cn1cc(-c2ccc(CN3Cc4ccnc(OCC(C)(F)F)c4C3=O)c(F)c2)nn1. The number of alkyl halides is 2. The van der Waals surface area contributed by atoms with Gasteiger partial charge in [-0.05, 0) is 17.7 Å². The van der Waals surface area contributed by atoms with Crippen LogP contribution in [0.1, 0.15) is 28.4 Å². The number of amides is 1. The number of fused-ring (bicyclic) bond motifs is 1. The van der Waals surface area contributed by atoms with E-state index in [2.05, 4.69) is 15.3 Å². The number of rotatable bonds is 6. The van der Waals surface area contributed by atoms with Gasteiger partial charge in [-0.2, -0.15) is 0 Å². The van der Waals surface area contributed by atoms with E-state index in [4.69, 9.17) is 4.74 Å². The first kappa shape index (κ1) is 19.9. The first-order chi connectivity index (χ1) is 14.2. The lowest BCUT2D eigenvalue weighted by Crippen LogP contribution is -2.25. The fourth-order valence-corrected chi connectivity index (χ4v) is 3.23. The molecule has 0 aliphatic carbocycles. The molecule has 0 fully saturated rings. The predicted octanol–water partition coefficient (Wildman–Crippen LogP) is 3.21.